The lowest BCUT2D eigenvalue weighted by molar-refractivity contribution is 0.0991. The molecule has 1 aliphatic rings. The predicted molar refractivity (Wildman–Crippen MR) is 113 cm³/mol. The fourth-order valence-corrected chi connectivity index (χ4v) is 4.00. The van der Waals surface area contributed by atoms with Crippen molar-refractivity contribution in [3.8, 4) is 16.3 Å². The lowest BCUT2D eigenvalue weighted by Gasteiger charge is -2.17. The van der Waals surface area contributed by atoms with E-state index in [4.69, 9.17) is 15.2 Å². The molecule has 3 aromatic rings. The first-order valence-corrected chi connectivity index (χ1v) is 10.4. The van der Waals surface area contributed by atoms with Crippen molar-refractivity contribution in [2.24, 2.45) is 5.73 Å². The molecule has 1 aromatic heterocycles. The highest BCUT2D eigenvalue weighted by Gasteiger charge is 2.28. The zero-order chi connectivity index (χ0) is 20.1. The number of rotatable bonds is 6. The SMILES string of the molecule is NCc1cnc(-c2ccc(O[C@H]3CCN(C(=O)OCc4ccccc4)C3)cc2)s1. The van der Waals surface area contributed by atoms with Gasteiger partial charge in [-0.25, -0.2) is 9.78 Å². The maximum atomic E-state index is 12.3. The Bertz CT molecular complexity index is 943. The van der Waals surface area contributed by atoms with Crippen LogP contribution in [0.2, 0.25) is 0 Å². The van der Waals surface area contributed by atoms with Gasteiger partial charge < -0.3 is 20.1 Å². The minimum absolute atomic E-state index is 0.0335. The van der Waals surface area contributed by atoms with E-state index < -0.39 is 0 Å². The Morgan fingerprint density at radius 1 is 1.17 bits per heavy atom. The molecule has 0 spiro atoms. The molecule has 0 aliphatic carbocycles. The van der Waals surface area contributed by atoms with Crippen molar-refractivity contribution in [1.29, 1.82) is 0 Å². The topological polar surface area (TPSA) is 77.7 Å². The van der Waals surface area contributed by atoms with Crippen LogP contribution in [-0.2, 0) is 17.9 Å². The number of thiazole rings is 1. The van der Waals surface area contributed by atoms with Crippen LogP contribution in [0.25, 0.3) is 10.6 Å². The Morgan fingerprint density at radius 3 is 2.69 bits per heavy atom. The van der Waals surface area contributed by atoms with E-state index in [2.05, 4.69) is 4.98 Å². The zero-order valence-corrected chi connectivity index (χ0v) is 16.8. The summed E-state index contributed by atoms with van der Waals surface area (Å²) >= 11 is 1.60. The molecule has 1 atom stereocenters. The summed E-state index contributed by atoms with van der Waals surface area (Å²) < 4.78 is 11.5. The van der Waals surface area contributed by atoms with Gasteiger partial charge in [0.25, 0.3) is 0 Å². The number of aromatic nitrogens is 1. The Balaban J connectivity index is 1.27. The van der Waals surface area contributed by atoms with Crippen molar-refractivity contribution in [3.63, 3.8) is 0 Å². The van der Waals surface area contributed by atoms with E-state index in [1.165, 1.54) is 0 Å². The first kappa shape index (κ1) is 19.4. The third-order valence-corrected chi connectivity index (χ3v) is 5.84. The predicted octanol–water partition coefficient (Wildman–Crippen LogP) is 4.06. The molecule has 1 fully saturated rings. The Labute approximate surface area is 173 Å². The smallest absolute Gasteiger partial charge is 0.410 e. The fraction of sp³-hybridized carbons (Fsp3) is 0.273. The van der Waals surface area contributed by atoms with Crippen LogP contribution in [0.3, 0.4) is 0 Å². The first-order valence-electron chi connectivity index (χ1n) is 9.59. The standard InChI is InChI=1S/C22H23N3O3S/c23-12-20-13-24-21(29-20)17-6-8-18(9-7-17)28-19-10-11-25(14-19)22(26)27-15-16-4-2-1-3-5-16/h1-9,13,19H,10-12,14-15,23H2/t19-/m0/s1. The molecule has 4 rings (SSSR count). The van der Waals surface area contributed by atoms with E-state index >= 15 is 0 Å². The molecular formula is C22H23N3O3S. The van der Waals surface area contributed by atoms with Gasteiger partial charge in [0, 0.05) is 36.1 Å². The Morgan fingerprint density at radius 2 is 1.97 bits per heavy atom. The number of benzene rings is 2. The second kappa shape index (κ2) is 9.07. The molecule has 150 valence electrons. The van der Waals surface area contributed by atoms with Crippen molar-refractivity contribution in [1.82, 2.24) is 9.88 Å². The molecule has 6 nitrogen and oxygen atoms in total. The Hall–Kier alpha value is -2.90. The summed E-state index contributed by atoms with van der Waals surface area (Å²) in [6.45, 7) is 1.95. The maximum Gasteiger partial charge on any atom is 0.410 e. The van der Waals surface area contributed by atoms with Gasteiger partial charge in [-0.2, -0.15) is 0 Å². The second-order valence-corrected chi connectivity index (χ2v) is 7.99. The van der Waals surface area contributed by atoms with Crippen LogP contribution in [0.4, 0.5) is 4.79 Å². The summed E-state index contributed by atoms with van der Waals surface area (Å²) in [6, 6.07) is 17.5. The van der Waals surface area contributed by atoms with Crippen LogP contribution in [-0.4, -0.2) is 35.2 Å². The zero-order valence-electron chi connectivity index (χ0n) is 16.0. The van der Waals surface area contributed by atoms with Gasteiger partial charge in [-0.15, -0.1) is 11.3 Å². The molecular weight excluding hydrogens is 386 g/mol. The van der Waals surface area contributed by atoms with Gasteiger partial charge in [0.05, 0.1) is 6.54 Å². The summed E-state index contributed by atoms with van der Waals surface area (Å²) in [6.07, 6.45) is 2.27. The van der Waals surface area contributed by atoms with Crippen molar-refractivity contribution in [2.75, 3.05) is 13.1 Å². The molecule has 2 aromatic carbocycles. The number of ether oxygens (including phenoxy) is 2. The number of carbonyl (C=O) groups is 1. The minimum atomic E-state index is -0.297. The average Bonchev–Trinajstić information content (AvgIpc) is 3.43. The van der Waals surface area contributed by atoms with Gasteiger partial charge in [-0.1, -0.05) is 30.3 Å². The third-order valence-electron chi connectivity index (χ3n) is 4.77. The Kier molecular flexibility index (Phi) is 6.07. The number of hydrogen-bond donors (Lipinski definition) is 1. The number of amides is 1. The van der Waals surface area contributed by atoms with Crippen molar-refractivity contribution in [3.05, 3.63) is 71.2 Å². The van der Waals surface area contributed by atoms with E-state index in [1.807, 2.05) is 60.8 Å². The minimum Gasteiger partial charge on any atom is -0.489 e. The molecule has 1 aliphatic heterocycles. The van der Waals surface area contributed by atoms with Crippen molar-refractivity contribution in [2.45, 2.75) is 25.7 Å². The number of hydrogen-bond acceptors (Lipinski definition) is 6. The van der Waals surface area contributed by atoms with Crippen LogP contribution in [0.1, 0.15) is 16.9 Å². The molecule has 29 heavy (non-hydrogen) atoms. The lowest BCUT2D eigenvalue weighted by Crippen LogP contribution is -2.31. The summed E-state index contributed by atoms with van der Waals surface area (Å²) in [5.41, 5.74) is 7.67. The molecule has 1 saturated heterocycles. The van der Waals surface area contributed by atoms with Crippen LogP contribution in [0.15, 0.2) is 60.8 Å². The average molecular weight is 410 g/mol. The van der Waals surface area contributed by atoms with Crippen molar-refractivity contribution >= 4 is 17.4 Å². The monoisotopic (exact) mass is 409 g/mol. The number of nitrogens with two attached hydrogens (primary N) is 1. The molecule has 1 amide bonds. The third kappa shape index (κ3) is 4.93. The van der Waals surface area contributed by atoms with Crippen LogP contribution in [0.5, 0.6) is 5.75 Å². The van der Waals surface area contributed by atoms with Crippen molar-refractivity contribution < 1.29 is 14.3 Å². The highest BCUT2D eigenvalue weighted by atomic mass is 32.1. The quantitative estimate of drug-likeness (QED) is 0.664. The summed E-state index contributed by atoms with van der Waals surface area (Å²) in [7, 11) is 0. The molecule has 2 N–H and O–H groups in total. The van der Waals surface area contributed by atoms with E-state index in [0.717, 1.165) is 33.2 Å². The van der Waals surface area contributed by atoms with Gasteiger partial charge in [0.2, 0.25) is 0 Å². The number of nitrogens with zero attached hydrogens (tertiary/aromatic N) is 2. The van der Waals surface area contributed by atoms with Gasteiger partial charge in [0.15, 0.2) is 0 Å². The van der Waals surface area contributed by atoms with Gasteiger partial charge in [-0.05, 0) is 29.8 Å². The molecule has 2 heterocycles. The second-order valence-electron chi connectivity index (χ2n) is 6.87. The van der Waals surface area contributed by atoms with E-state index in [-0.39, 0.29) is 18.8 Å². The van der Waals surface area contributed by atoms with Gasteiger partial charge >= 0.3 is 6.09 Å². The van der Waals surface area contributed by atoms with Crippen LogP contribution >= 0.6 is 11.3 Å². The van der Waals surface area contributed by atoms with Gasteiger partial charge in [-0.3, -0.25) is 0 Å². The normalized spacial score (nSPS) is 16.0. The largest absolute Gasteiger partial charge is 0.489 e. The summed E-state index contributed by atoms with van der Waals surface area (Å²) in [5.74, 6) is 0.786. The molecule has 0 bridgehead atoms. The number of likely N-dealkylation sites (tertiary alicyclic amines) is 1. The van der Waals surface area contributed by atoms with E-state index in [9.17, 15) is 4.79 Å². The maximum absolute atomic E-state index is 12.3. The fourth-order valence-electron chi connectivity index (χ4n) is 3.20. The lowest BCUT2D eigenvalue weighted by atomic mass is 10.2. The first-order chi connectivity index (χ1) is 14.2. The highest BCUT2D eigenvalue weighted by molar-refractivity contribution is 7.15. The molecule has 0 radical (unpaired) electrons. The van der Waals surface area contributed by atoms with E-state index in [0.29, 0.717) is 19.6 Å². The number of carbonyl (C=O) groups excluding carboxylic acids is 1. The molecule has 0 unspecified atom stereocenters. The van der Waals surface area contributed by atoms with E-state index in [1.54, 1.807) is 16.2 Å². The summed E-state index contributed by atoms with van der Waals surface area (Å²) in [5, 5.41) is 0.949. The summed E-state index contributed by atoms with van der Waals surface area (Å²) in [4.78, 5) is 19.4. The molecule has 7 heteroatoms. The van der Waals surface area contributed by atoms with Crippen LogP contribution in [0, 0.1) is 0 Å². The van der Waals surface area contributed by atoms with Crippen LogP contribution < -0.4 is 10.5 Å². The molecule has 0 saturated carbocycles. The van der Waals surface area contributed by atoms with Gasteiger partial charge in [0.1, 0.15) is 23.5 Å². The highest BCUT2D eigenvalue weighted by Crippen LogP contribution is 2.27.